The zero-order valence-corrected chi connectivity index (χ0v) is 8.79. The van der Waals surface area contributed by atoms with Crippen molar-refractivity contribution in [1.29, 1.82) is 0 Å². The second kappa shape index (κ2) is 3.00. The number of amides is 1. The SMILES string of the molecule is C[C@@H]1C[C@@H]1C(=O)N(C)[C@@H](C)C1CC1. The number of nitrogens with zero attached hydrogens (tertiary/aromatic N) is 1. The molecule has 2 aliphatic rings. The summed E-state index contributed by atoms with van der Waals surface area (Å²) in [6.07, 6.45) is 3.75. The molecule has 0 unspecified atom stereocenters. The van der Waals surface area contributed by atoms with Gasteiger partial charge in [-0.3, -0.25) is 4.79 Å². The quantitative estimate of drug-likeness (QED) is 0.651. The molecule has 0 aromatic rings. The summed E-state index contributed by atoms with van der Waals surface area (Å²) in [6.45, 7) is 4.35. The zero-order valence-electron chi connectivity index (χ0n) is 8.79. The lowest BCUT2D eigenvalue weighted by molar-refractivity contribution is -0.133. The minimum Gasteiger partial charge on any atom is -0.343 e. The summed E-state index contributed by atoms with van der Waals surface area (Å²) >= 11 is 0. The fraction of sp³-hybridized carbons (Fsp3) is 0.909. The van der Waals surface area contributed by atoms with E-state index in [1.54, 1.807) is 0 Å². The molecular weight excluding hydrogens is 162 g/mol. The highest BCUT2D eigenvalue weighted by molar-refractivity contribution is 5.81. The molecule has 13 heavy (non-hydrogen) atoms. The minimum atomic E-state index is 0.353. The van der Waals surface area contributed by atoms with Gasteiger partial charge in [-0.1, -0.05) is 6.92 Å². The van der Waals surface area contributed by atoms with E-state index in [-0.39, 0.29) is 0 Å². The molecule has 2 aliphatic carbocycles. The molecule has 0 heterocycles. The van der Waals surface area contributed by atoms with Crippen LogP contribution in [0, 0.1) is 17.8 Å². The van der Waals surface area contributed by atoms with Gasteiger partial charge >= 0.3 is 0 Å². The van der Waals surface area contributed by atoms with Crippen molar-refractivity contribution in [3.05, 3.63) is 0 Å². The molecule has 0 spiro atoms. The Bertz CT molecular complexity index is 222. The molecule has 0 aromatic heterocycles. The summed E-state index contributed by atoms with van der Waals surface area (Å²) in [5.41, 5.74) is 0. The summed E-state index contributed by atoms with van der Waals surface area (Å²) in [7, 11) is 1.97. The molecule has 0 aliphatic heterocycles. The van der Waals surface area contributed by atoms with E-state index < -0.39 is 0 Å². The van der Waals surface area contributed by atoms with Gasteiger partial charge in [0.25, 0.3) is 0 Å². The fourth-order valence-corrected chi connectivity index (χ4v) is 2.02. The maximum Gasteiger partial charge on any atom is 0.225 e. The van der Waals surface area contributed by atoms with Crippen LogP contribution in [-0.2, 0) is 4.79 Å². The van der Waals surface area contributed by atoms with Crippen LogP contribution in [-0.4, -0.2) is 23.9 Å². The van der Waals surface area contributed by atoms with Crippen LogP contribution in [0.3, 0.4) is 0 Å². The van der Waals surface area contributed by atoms with E-state index in [0.29, 0.717) is 23.8 Å². The maximum atomic E-state index is 11.8. The Balaban J connectivity index is 1.87. The Labute approximate surface area is 80.3 Å². The zero-order chi connectivity index (χ0) is 9.59. The van der Waals surface area contributed by atoms with Gasteiger partial charge in [0, 0.05) is 19.0 Å². The first-order valence-corrected chi connectivity index (χ1v) is 5.38. The molecule has 0 bridgehead atoms. The Morgan fingerprint density at radius 3 is 2.38 bits per heavy atom. The van der Waals surface area contributed by atoms with E-state index in [2.05, 4.69) is 13.8 Å². The normalized spacial score (nSPS) is 34.1. The second-order valence-corrected chi connectivity index (χ2v) is 4.85. The highest BCUT2D eigenvalue weighted by Gasteiger charge is 2.43. The van der Waals surface area contributed by atoms with E-state index in [1.807, 2.05) is 11.9 Å². The van der Waals surface area contributed by atoms with E-state index in [9.17, 15) is 4.79 Å². The fourth-order valence-electron chi connectivity index (χ4n) is 2.02. The monoisotopic (exact) mass is 181 g/mol. The highest BCUT2D eigenvalue weighted by Crippen LogP contribution is 2.41. The van der Waals surface area contributed by atoms with E-state index in [4.69, 9.17) is 0 Å². The van der Waals surface area contributed by atoms with Crippen LogP contribution < -0.4 is 0 Å². The van der Waals surface area contributed by atoms with Gasteiger partial charge < -0.3 is 4.90 Å². The third-order valence-corrected chi connectivity index (χ3v) is 3.69. The average Bonchev–Trinajstić information content (AvgIpc) is 2.93. The van der Waals surface area contributed by atoms with E-state index in [1.165, 1.54) is 12.8 Å². The number of hydrogen-bond donors (Lipinski definition) is 0. The van der Waals surface area contributed by atoms with Crippen molar-refractivity contribution in [2.45, 2.75) is 39.2 Å². The second-order valence-electron chi connectivity index (χ2n) is 4.85. The Hall–Kier alpha value is -0.530. The largest absolute Gasteiger partial charge is 0.343 e. The van der Waals surface area contributed by atoms with Crippen LogP contribution in [0.25, 0.3) is 0 Å². The summed E-state index contributed by atoms with van der Waals surface area (Å²) in [4.78, 5) is 13.8. The van der Waals surface area contributed by atoms with Crippen molar-refractivity contribution in [3.8, 4) is 0 Å². The summed E-state index contributed by atoms with van der Waals surface area (Å²) < 4.78 is 0. The third kappa shape index (κ3) is 1.72. The summed E-state index contributed by atoms with van der Waals surface area (Å²) in [6, 6.07) is 0.472. The van der Waals surface area contributed by atoms with E-state index >= 15 is 0 Å². The highest BCUT2D eigenvalue weighted by atomic mass is 16.2. The van der Waals surface area contributed by atoms with Crippen LogP contribution in [0.2, 0.25) is 0 Å². The number of rotatable bonds is 3. The number of carbonyl (C=O) groups excluding carboxylic acids is 1. The van der Waals surface area contributed by atoms with Crippen molar-refractivity contribution in [1.82, 2.24) is 4.90 Å². The maximum absolute atomic E-state index is 11.8. The number of carbonyl (C=O) groups is 1. The predicted molar refractivity (Wildman–Crippen MR) is 52.2 cm³/mol. The van der Waals surface area contributed by atoms with Crippen LogP contribution in [0.1, 0.15) is 33.1 Å². The number of hydrogen-bond acceptors (Lipinski definition) is 1. The van der Waals surface area contributed by atoms with Crippen molar-refractivity contribution in [2.75, 3.05) is 7.05 Å². The summed E-state index contributed by atoms with van der Waals surface area (Å²) in [5.74, 6) is 2.17. The van der Waals surface area contributed by atoms with Gasteiger partial charge in [-0.05, 0) is 38.0 Å². The molecule has 0 saturated heterocycles. The van der Waals surface area contributed by atoms with Gasteiger partial charge in [-0.25, -0.2) is 0 Å². The van der Waals surface area contributed by atoms with Gasteiger partial charge in [0.15, 0.2) is 0 Å². The molecule has 0 N–H and O–H groups in total. The van der Waals surface area contributed by atoms with Crippen molar-refractivity contribution in [3.63, 3.8) is 0 Å². The first kappa shape index (κ1) is 9.04. The Kier molecular flexibility index (Phi) is 2.09. The molecule has 3 atom stereocenters. The predicted octanol–water partition coefficient (Wildman–Crippen LogP) is 1.90. The molecule has 2 fully saturated rings. The lowest BCUT2D eigenvalue weighted by Gasteiger charge is -2.25. The molecule has 74 valence electrons. The smallest absolute Gasteiger partial charge is 0.225 e. The Morgan fingerprint density at radius 1 is 1.46 bits per heavy atom. The lowest BCUT2D eigenvalue weighted by Crippen LogP contribution is -2.37. The first-order valence-electron chi connectivity index (χ1n) is 5.38. The van der Waals surface area contributed by atoms with Crippen LogP contribution >= 0.6 is 0 Å². The molecular formula is C11H19NO. The van der Waals surface area contributed by atoms with Crippen LogP contribution in [0.5, 0.6) is 0 Å². The van der Waals surface area contributed by atoms with Gasteiger partial charge in [0.2, 0.25) is 5.91 Å². The molecule has 2 rings (SSSR count). The van der Waals surface area contributed by atoms with Gasteiger partial charge in [-0.2, -0.15) is 0 Å². The van der Waals surface area contributed by atoms with Crippen LogP contribution in [0.4, 0.5) is 0 Å². The molecule has 2 saturated carbocycles. The first-order chi connectivity index (χ1) is 6.11. The molecule has 0 radical (unpaired) electrons. The van der Waals surface area contributed by atoms with Crippen molar-refractivity contribution >= 4 is 5.91 Å². The van der Waals surface area contributed by atoms with E-state index in [0.717, 1.165) is 12.3 Å². The van der Waals surface area contributed by atoms with Crippen molar-refractivity contribution in [2.24, 2.45) is 17.8 Å². The van der Waals surface area contributed by atoms with Gasteiger partial charge in [0.05, 0.1) is 0 Å². The van der Waals surface area contributed by atoms with Crippen molar-refractivity contribution < 1.29 is 4.79 Å². The molecule has 2 nitrogen and oxygen atoms in total. The topological polar surface area (TPSA) is 20.3 Å². The minimum absolute atomic E-state index is 0.353. The molecule has 2 heteroatoms. The molecule has 0 aromatic carbocycles. The summed E-state index contributed by atoms with van der Waals surface area (Å²) in [5, 5.41) is 0. The average molecular weight is 181 g/mol. The standard InChI is InChI=1S/C11H19NO/c1-7-6-10(7)11(13)12(3)8(2)9-4-5-9/h7-10H,4-6H2,1-3H3/t7-,8+,10+/m1/s1. The van der Waals surface area contributed by atoms with Gasteiger partial charge in [-0.15, -0.1) is 0 Å². The Morgan fingerprint density at radius 2 is 2.00 bits per heavy atom. The lowest BCUT2D eigenvalue weighted by atomic mass is 10.1. The van der Waals surface area contributed by atoms with Crippen LogP contribution in [0.15, 0.2) is 0 Å². The third-order valence-electron chi connectivity index (χ3n) is 3.69. The molecule has 1 amide bonds. The van der Waals surface area contributed by atoms with Gasteiger partial charge in [0.1, 0.15) is 0 Å².